The van der Waals surface area contributed by atoms with E-state index in [-0.39, 0.29) is 0 Å². The van der Waals surface area contributed by atoms with Crippen LogP contribution in [0.4, 0.5) is 0 Å². The third kappa shape index (κ3) is 4.40. The third-order valence-corrected chi connectivity index (χ3v) is 2.86. The first-order valence-electron chi connectivity index (χ1n) is 6.31. The Hall–Kier alpha value is -1.79. The largest absolute Gasteiger partial charge is 0.493 e. The number of carboxylic acids is 1. The van der Waals surface area contributed by atoms with Crippen LogP contribution in [0.2, 0.25) is 0 Å². The maximum atomic E-state index is 11.4. The minimum Gasteiger partial charge on any atom is -0.493 e. The van der Waals surface area contributed by atoms with E-state index >= 15 is 0 Å². The van der Waals surface area contributed by atoms with E-state index in [1.165, 1.54) is 14.2 Å². The number of methoxy groups -OCH3 is 3. The Labute approximate surface area is 118 Å². The van der Waals surface area contributed by atoms with Crippen LogP contribution in [0.1, 0.15) is 18.0 Å². The average Bonchev–Trinajstić information content (AvgIpc) is 2.46. The predicted octanol–water partition coefficient (Wildman–Crippen LogP) is 1.46. The average molecular weight is 283 g/mol. The number of nitrogens with one attached hydrogen (secondary N) is 1. The van der Waals surface area contributed by atoms with E-state index in [9.17, 15) is 9.90 Å². The van der Waals surface area contributed by atoms with Crippen LogP contribution >= 0.6 is 0 Å². The minimum absolute atomic E-state index is 0.509. The summed E-state index contributed by atoms with van der Waals surface area (Å²) in [7, 11) is 4.67. The summed E-state index contributed by atoms with van der Waals surface area (Å²) in [5.74, 6) is 0.143. The summed E-state index contributed by atoms with van der Waals surface area (Å²) in [5.41, 5.74) is 0.618. The van der Waals surface area contributed by atoms with Crippen molar-refractivity contribution in [1.29, 1.82) is 0 Å². The topological polar surface area (TPSA) is 77.0 Å². The molecule has 112 valence electrons. The molecule has 0 heterocycles. The fraction of sp³-hybridized carbons (Fsp3) is 0.500. The molecule has 0 fully saturated rings. The Morgan fingerprint density at radius 3 is 2.50 bits per heavy atom. The van der Waals surface area contributed by atoms with Gasteiger partial charge in [0.15, 0.2) is 11.5 Å². The first-order valence-corrected chi connectivity index (χ1v) is 6.31. The van der Waals surface area contributed by atoms with E-state index in [4.69, 9.17) is 14.2 Å². The summed E-state index contributed by atoms with van der Waals surface area (Å²) < 4.78 is 15.3. The molecule has 1 aromatic rings. The first-order chi connectivity index (χ1) is 9.63. The highest BCUT2D eigenvalue weighted by Crippen LogP contribution is 2.30. The summed E-state index contributed by atoms with van der Waals surface area (Å²) >= 11 is 0. The zero-order valence-corrected chi connectivity index (χ0v) is 12.0. The molecule has 2 N–H and O–H groups in total. The van der Waals surface area contributed by atoms with E-state index in [1.807, 2.05) is 0 Å². The van der Waals surface area contributed by atoms with Crippen LogP contribution in [0.15, 0.2) is 18.2 Å². The van der Waals surface area contributed by atoms with Crippen LogP contribution in [0.3, 0.4) is 0 Å². The van der Waals surface area contributed by atoms with Crippen molar-refractivity contribution in [3.8, 4) is 11.5 Å². The molecule has 0 aromatic heterocycles. The molecule has 6 nitrogen and oxygen atoms in total. The van der Waals surface area contributed by atoms with Gasteiger partial charge < -0.3 is 24.6 Å². The zero-order valence-electron chi connectivity index (χ0n) is 12.0. The molecule has 20 heavy (non-hydrogen) atoms. The van der Waals surface area contributed by atoms with Crippen molar-refractivity contribution in [1.82, 2.24) is 5.32 Å². The summed E-state index contributed by atoms with van der Waals surface area (Å²) in [5, 5.41) is 12.3. The van der Waals surface area contributed by atoms with E-state index in [0.29, 0.717) is 30.2 Å². The van der Waals surface area contributed by atoms with Gasteiger partial charge >= 0.3 is 5.97 Å². The van der Waals surface area contributed by atoms with Crippen LogP contribution in [0, 0.1) is 0 Å². The Balaban J connectivity index is 2.83. The van der Waals surface area contributed by atoms with Gasteiger partial charge in [0.05, 0.1) is 14.2 Å². The normalized spacial score (nSPS) is 11.9. The lowest BCUT2D eigenvalue weighted by Crippen LogP contribution is -2.29. The van der Waals surface area contributed by atoms with Gasteiger partial charge in [-0.2, -0.15) is 0 Å². The van der Waals surface area contributed by atoms with Crippen molar-refractivity contribution in [3.05, 3.63) is 23.8 Å². The van der Waals surface area contributed by atoms with Crippen LogP contribution < -0.4 is 14.8 Å². The highest BCUT2D eigenvalue weighted by molar-refractivity contribution is 5.76. The van der Waals surface area contributed by atoms with Gasteiger partial charge in [0.2, 0.25) is 0 Å². The van der Waals surface area contributed by atoms with Crippen LogP contribution in [-0.2, 0) is 9.53 Å². The molecular formula is C14H21NO5. The molecule has 0 aliphatic heterocycles. The van der Waals surface area contributed by atoms with E-state index < -0.39 is 12.0 Å². The highest BCUT2D eigenvalue weighted by atomic mass is 16.5. The second-order valence-electron chi connectivity index (χ2n) is 4.19. The molecule has 1 aromatic carbocycles. The number of hydrogen-bond donors (Lipinski definition) is 2. The quantitative estimate of drug-likeness (QED) is 0.668. The second kappa shape index (κ2) is 8.39. The number of carboxylic acid groups (broad SMARTS) is 1. The van der Waals surface area contributed by atoms with Gasteiger partial charge in [-0.3, -0.25) is 4.79 Å². The van der Waals surface area contributed by atoms with Gasteiger partial charge in [0.25, 0.3) is 0 Å². The predicted molar refractivity (Wildman–Crippen MR) is 74.4 cm³/mol. The molecule has 0 aliphatic rings. The maximum absolute atomic E-state index is 11.4. The molecule has 1 atom stereocenters. The lowest BCUT2D eigenvalue weighted by molar-refractivity contribution is -0.139. The van der Waals surface area contributed by atoms with E-state index in [1.54, 1.807) is 25.3 Å². The van der Waals surface area contributed by atoms with Crippen molar-refractivity contribution in [3.63, 3.8) is 0 Å². The first kappa shape index (κ1) is 16.3. The molecule has 6 heteroatoms. The highest BCUT2D eigenvalue weighted by Gasteiger charge is 2.20. The van der Waals surface area contributed by atoms with Gasteiger partial charge in [-0.1, -0.05) is 6.07 Å². The number of benzene rings is 1. The van der Waals surface area contributed by atoms with E-state index in [2.05, 4.69) is 5.32 Å². The number of rotatable bonds is 9. The van der Waals surface area contributed by atoms with Gasteiger partial charge in [-0.25, -0.2) is 0 Å². The lowest BCUT2D eigenvalue weighted by atomic mass is 10.1. The van der Waals surface area contributed by atoms with Gasteiger partial charge in [0, 0.05) is 13.7 Å². The van der Waals surface area contributed by atoms with Crippen molar-refractivity contribution in [2.75, 3.05) is 34.5 Å². The summed E-state index contributed by atoms with van der Waals surface area (Å²) in [4.78, 5) is 11.4. The van der Waals surface area contributed by atoms with Crippen LogP contribution in [0.5, 0.6) is 11.5 Å². The number of ether oxygens (including phenoxy) is 3. The van der Waals surface area contributed by atoms with Crippen molar-refractivity contribution < 1.29 is 24.1 Å². The Bertz CT molecular complexity index is 436. The van der Waals surface area contributed by atoms with E-state index in [0.717, 1.165) is 6.42 Å². The molecule has 0 bridgehead atoms. The zero-order chi connectivity index (χ0) is 15.0. The summed E-state index contributed by atoms with van der Waals surface area (Å²) in [6, 6.07) is 4.29. The molecule has 0 aliphatic carbocycles. The fourth-order valence-corrected chi connectivity index (χ4v) is 1.84. The third-order valence-electron chi connectivity index (χ3n) is 2.86. The fourth-order valence-electron chi connectivity index (χ4n) is 1.84. The maximum Gasteiger partial charge on any atom is 0.325 e. The van der Waals surface area contributed by atoms with Crippen molar-refractivity contribution in [2.45, 2.75) is 12.5 Å². The van der Waals surface area contributed by atoms with Crippen molar-refractivity contribution in [2.24, 2.45) is 0 Å². The number of hydrogen-bond acceptors (Lipinski definition) is 5. The molecular weight excluding hydrogens is 262 g/mol. The molecule has 0 amide bonds. The Morgan fingerprint density at radius 2 is 1.95 bits per heavy atom. The SMILES string of the molecule is COCCCNC(C(=O)O)c1ccc(OC)c(OC)c1. The Morgan fingerprint density at radius 1 is 1.25 bits per heavy atom. The van der Waals surface area contributed by atoms with Gasteiger partial charge in [-0.05, 0) is 30.7 Å². The molecule has 0 spiro atoms. The molecule has 1 unspecified atom stereocenters. The summed E-state index contributed by atoms with van der Waals surface area (Å²) in [6.07, 6.45) is 0.744. The minimum atomic E-state index is -0.936. The molecule has 1 rings (SSSR count). The van der Waals surface area contributed by atoms with Crippen molar-refractivity contribution >= 4 is 5.97 Å². The number of carbonyl (C=O) groups is 1. The second-order valence-corrected chi connectivity index (χ2v) is 4.19. The van der Waals surface area contributed by atoms with Gasteiger partial charge in [-0.15, -0.1) is 0 Å². The lowest BCUT2D eigenvalue weighted by Gasteiger charge is -2.16. The smallest absolute Gasteiger partial charge is 0.325 e. The number of aliphatic carboxylic acids is 1. The van der Waals surface area contributed by atoms with Gasteiger partial charge in [0.1, 0.15) is 6.04 Å². The monoisotopic (exact) mass is 283 g/mol. The molecule has 0 saturated carbocycles. The molecule has 0 radical (unpaired) electrons. The van der Waals surface area contributed by atoms with Crippen LogP contribution in [-0.4, -0.2) is 45.6 Å². The molecule has 0 saturated heterocycles. The Kier molecular flexibility index (Phi) is 6.83. The summed E-state index contributed by atoms with van der Waals surface area (Å²) in [6.45, 7) is 1.14. The standard InChI is InChI=1S/C14H21NO5/c1-18-8-4-7-15-13(14(16)17)10-5-6-11(19-2)12(9-10)20-3/h5-6,9,13,15H,4,7-8H2,1-3H3,(H,16,17). The van der Waals surface area contributed by atoms with Crippen LogP contribution in [0.25, 0.3) is 0 Å².